The molecular weight excluding hydrogens is 425 g/mol. The zero-order valence-electron chi connectivity index (χ0n) is 16.1. The van der Waals surface area contributed by atoms with Crippen molar-refractivity contribution in [1.29, 1.82) is 10.5 Å². The average Bonchev–Trinajstić information content (AvgIpc) is 2.90. The van der Waals surface area contributed by atoms with Gasteiger partial charge in [-0.05, 0) is 13.8 Å². The van der Waals surface area contributed by atoms with E-state index in [0.717, 1.165) is 0 Å². The van der Waals surface area contributed by atoms with Gasteiger partial charge in [0.15, 0.2) is 17.5 Å². The van der Waals surface area contributed by atoms with Gasteiger partial charge in [-0.15, -0.1) is 0 Å². The number of fused-ring (bicyclic) bond motifs is 1. The molecule has 0 aromatic heterocycles. The molecule has 9 nitrogen and oxygen atoms in total. The molecule has 0 saturated carbocycles. The number of rotatable bonds is 6. The number of nitriles is 2. The van der Waals surface area contributed by atoms with E-state index in [-0.39, 0.29) is 24.4 Å². The Hall–Kier alpha value is -2.27. The summed E-state index contributed by atoms with van der Waals surface area (Å²) in [6.45, 7) is 2.77. The summed E-state index contributed by atoms with van der Waals surface area (Å²) in [6, 6.07) is 3.49. The lowest BCUT2D eigenvalue weighted by atomic mass is 9.66. The number of aliphatic hydroxyl groups excluding tert-OH is 1. The lowest BCUT2D eigenvalue weighted by molar-refractivity contribution is -0.156. The number of allylic oxidation sites excluding steroid dienone is 2. The SMILES string of the molecule is CCOC(=O)C1=C(C)N(CC(OC)OC)C2(O)C(Cl)=C(Cl)C(O)=C(C#N)C12C#N. The van der Waals surface area contributed by atoms with Crippen LogP contribution in [0, 0.1) is 28.1 Å². The zero-order chi connectivity index (χ0) is 22.1. The van der Waals surface area contributed by atoms with Crippen LogP contribution in [0.15, 0.2) is 32.7 Å². The summed E-state index contributed by atoms with van der Waals surface area (Å²) in [5.41, 5.74) is -5.80. The summed E-state index contributed by atoms with van der Waals surface area (Å²) in [4.78, 5) is 14.0. The number of ether oxygens (including phenoxy) is 3. The van der Waals surface area contributed by atoms with Crippen LogP contribution in [0.2, 0.25) is 0 Å². The molecule has 2 aliphatic rings. The van der Waals surface area contributed by atoms with Gasteiger partial charge in [-0.3, -0.25) is 0 Å². The van der Waals surface area contributed by atoms with E-state index in [2.05, 4.69) is 0 Å². The quantitative estimate of drug-likeness (QED) is 0.466. The van der Waals surface area contributed by atoms with Gasteiger partial charge in [0.2, 0.25) is 5.72 Å². The van der Waals surface area contributed by atoms with Gasteiger partial charge in [0.05, 0.1) is 29.8 Å². The first kappa shape index (κ1) is 23.0. The first-order valence-electron chi connectivity index (χ1n) is 8.39. The lowest BCUT2D eigenvalue weighted by Gasteiger charge is -2.46. The minimum Gasteiger partial charge on any atom is -0.505 e. The molecule has 2 rings (SSSR count). The Balaban J connectivity index is 2.94. The van der Waals surface area contributed by atoms with Crippen molar-refractivity contribution in [2.24, 2.45) is 5.41 Å². The molecule has 0 aromatic rings. The molecular formula is C18H19Cl2N3O6. The molecule has 2 N–H and O–H groups in total. The number of esters is 1. The van der Waals surface area contributed by atoms with E-state index in [1.807, 2.05) is 6.07 Å². The van der Waals surface area contributed by atoms with Gasteiger partial charge in [-0.1, -0.05) is 23.2 Å². The van der Waals surface area contributed by atoms with E-state index in [1.54, 1.807) is 13.0 Å². The number of aliphatic hydroxyl groups is 2. The standard InChI is InChI=1S/C18H19Cl2N3O6/c1-5-29-16(25)12-9(2)23(7-11(27-3)28-4)18(26)15(20)13(19)14(24)10(6-21)17(12,18)8-22/h11,24,26H,5,7H2,1-4H3. The Morgan fingerprint density at radius 2 is 1.90 bits per heavy atom. The molecule has 0 amide bonds. The molecule has 0 bridgehead atoms. The topological polar surface area (TPSA) is 136 Å². The molecule has 0 radical (unpaired) electrons. The van der Waals surface area contributed by atoms with Crippen LogP contribution >= 0.6 is 23.2 Å². The summed E-state index contributed by atoms with van der Waals surface area (Å²) in [6.07, 6.45) is -0.903. The molecule has 156 valence electrons. The van der Waals surface area contributed by atoms with Crippen molar-refractivity contribution >= 4 is 29.2 Å². The van der Waals surface area contributed by atoms with Crippen LogP contribution in [0.3, 0.4) is 0 Å². The van der Waals surface area contributed by atoms with Gasteiger partial charge in [-0.25, -0.2) is 4.79 Å². The van der Waals surface area contributed by atoms with Crippen LogP contribution in [0.5, 0.6) is 0 Å². The Morgan fingerprint density at radius 1 is 1.31 bits per heavy atom. The van der Waals surface area contributed by atoms with Gasteiger partial charge in [0.25, 0.3) is 0 Å². The summed E-state index contributed by atoms with van der Waals surface area (Å²) in [5, 5.41) is 41.0. The highest BCUT2D eigenvalue weighted by molar-refractivity contribution is 6.41. The Kier molecular flexibility index (Phi) is 6.53. The predicted octanol–water partition coefficient (Wildman–Crippen LogP) is 2.00. The summed E-state index contributed by atoms with van der Waals surface area (Å²) >= 11 is 12.4. The third kappa shape index (κ3) is 2.90. The lowest BCUT2D eigenvalue weighted by Crippen LogP contribution is -2.60. The smallest absolute Gasteiger partial charge is 0.337 e. The molecule has 11 heteroatoms. The Bertz CT molecular complexity index is 912. The predicted molar refractivity (Wildman–Crippen MR) is 101 cm³/mol. The molecule has 1 aliphatic heterocycles. The van der Waals surface area contributed by atoms with E-state index in [1.165, 1.54) is 26.0 Å². The van der Waals surface area contributed by atoms with Crippen molar-refractivity contribution in [3.05, 3.63) is 32.7 Å². The van der Waals surface area contributed by atoms with Gasteiger partial charge in [0, 0.05) is 19.9 Å². The molecule has 2 atom stereocenters. The maximum Gasteiger partial charge on any atom is 0.337 e. The number of carbonyl (C=O) groups is 1. The normalized spacial score (nSPS) is 26.6. The monoisotopic (exact) mass is 443 g/mol. The van der Waals surface area contributed by atoms with E-state index in [4.69, 9.17) is 37.4 Å². The van der Waals surface area contributed by atoms with Crippen molar-refractivity contribution in [1.82, 2.24) is 4.90 Å². The highest BCUT2D eigenvalue weighted by Crippen LogP contribution is 2.62. The Morgan fingerprint density at radius 3 is 2.34 bits per heavy atom. The van der Waals surface area contributed by atoms with Crippen LogP contribution < -0.4 is 0 Å². The minimum atomic E-state index is -2.50. The van der Waals surface area contributed by atoms with Crippen LogP contribution in [-0.2, 0) is 19.0 Å². The average molecular weight is 444 g/mol. The van der Waals surface area contributed by atoms with E-state index in [9.17, 15) is 25.5 Å². The number of carbonyl (C=O) groups excluding carboxylic acids is 1. The molecule has 1 aliphatic carbocycles. The van der Waals surface area contributed by atoms with Crippen molar-refractivity contribution < 1.29 is 29.2 Å². The van der Waals surface area contributed by atoms with Gasteiger partial charge >= 0.3 is 5.97 Å². The van der Waals surface area contributed by atoms with Crippen molar-refractivity contribution in [3.63, 3.8) is 0 Å². The fraction of sp³-hybridized carbons (Fsp3) is 0.500. The van der Waals surface area contributed by atoms with E-state index < -0.39 is 44.8 Å². The highest BCUT2D eigenvalue weighted by atomic mass is 35.5. The third-order valence-corrected chi connectivity index (χ3v) is 5.91. The second kappa shape index (κ2) is 8.23. The maximum atomic E-state index is 12.8. The molecule has 29 heavy (non-hydrogen) atoms. The minimum absolute atomic E-state index is 0.0315. The number of halogens is 2. The fourth-order valence-electron chi connectivity index (χ4n) is 3.65. The molecule has 0 spiro atoms. The molecule has 2 unspecified atom stereocenters. The number of methoxy groups -OCH3 is 2. The number of hydrogen-bond acceptors (Lipinski definition) is 9. The molecule has 0 fully saturated rings. The van der Waals surface area contributed by atoms with Crippen LogP contribution in [0.1, 0.15) is 13.8 Å². The number of nitrogens with zero attached hydrogens (tertiary/aromatic N) is 3. The Labute approximate surface area is 177 Å². The first-order valence-corrected chi connectivity index (χ1v) is 9.14. The van der Waals surface area contributed by atoms with Gasteiger partial charge in [0.1, 0.15) is 16.7 Å². The van der Waals surface area contributed by atoms with Crippen LogP contribution in [-0.4, -0.2) is 60.5 Å². The molecule has 1 heterocycles. The summed E-state index contributed by atoms with van der Waals surface area (Å²) in [5.74, 6) is -1.77. The molecule has 0 aromatic carbocycles. The second-order valence-electron chi connectivity index (χ2n) is 6.19. The fourth-order valence-corrected chi connectivity index (χ4v) is 4.21. The highest BCUT2D eigenvalue weighted by Gasteiger charge is 2.72. The van der Waals surface area contributed by atoms with E-state index >= 15 is 0 Å². The summed E-state index contributed by atoms with van der Waals surface area (Å²) < 4.78 is 15.4. The zero-order valence-corrected chi connectivity index (χ0v) is 17.6. The van der Waals surface area contributed by atoms with Gasteiger partial charge < -0.3 is 29.3 Å². The largest absolute Gasteiger partial charge is 0.505 e. The van der Waals surface area contributed by atoms with Gasteiger partial charge in [-0.2, -0.15) is 10.5 Å². The van der Waals surface area contributed by atoms with Crippen molar-refractivity contribution in [2.75, 3.05) is 27.4 Å². The van der Waals surface area contributed by atoms with Crippen molar-refractivity contribution in [2.45, 2.75) is 25.9 Å². The van der Waals surface area contributed by atoms with Crippen molar-refractivity contribution in [3.8, 4) is 12.1 Å². The van der Waals surface area contributed by atoms with E-state index in [0.29, 0.717) is 0 Å². The summed E-state index contributed by atoms with van der Waals surface area (Å²) in [7, 11) is 2.71. The maximum absolute atomic E-state index is 12.8. The molecule has 0 saturated heterocycles. The first-order chi connectivity index (χ1) is 13.6. The third-order valence-electron chi connectivity index (χ3n) is 4.99. The number of hydrogen-bond donors (Lipinski definition) is 2. The van der Waals surface area contributed by atoms with Crippen LogP contribution in [0.25, 0.3) is 0 Å². The second-order valence-corrected chi connectivity index (χ2v) is 6.95. The van der Waals surface area contributed by atoms with Crippen LogP contribution in [0.4, 0.5) is 0 Å².